The van der Waals surface area contributed by atoms with Gasteiger partial charge in [-0.2, -0.15) is 0 Å². The van der Waals surface area contributed by atoms with E-state index < -0.39 is 0 Å². The van der Waals surface area contributed by atoms with Crippen molar-refractivity contribution >= 4 is 5.91 Å². The highest BCUT2D eigenvalue weighted by molar-refractivity contribution is 5.76. The number of carbonyl (C=O) groups is 1. The molecule has 2 heterocycles. The summed E-state index contributed by atoms with van der Waals surface area (Å²) in [4.78, 5) is 23.6. The van der Waals surface area contributed by atoms with Gasteiger partial charge in [-0.05, 0) is 62.2 Å². The summed E-state index contributed by atoms with van der Waals surface area (Å²) in [6.45, 7) is 9.67. The van der Waals surface area contributed by atoms with Crippen LogP contribution in [0.15, 0.2) is 60.7 Å². The number of rotatable bonds is 7. The molecule has 3 atom stereocenters. The van der Waals surface area contributed by atoms with Crippen LogP contribution in [-0.4, -0.2) is 110 Å². The fourth-order valence-electron chi connectivity index (χ4n) is 8.23. The largest absolute Gasteiger partial charge is 0.353 e. The molecule has 2 bridgehead atoms. The highest BCUT2D eigenvalue weighted by Crippen LogP contribution is 2.59. The van der Waals surface area contributed by atoms with Crippen LogP contribution < -0.4 is 5.32 Å². The van der Waals surface area contributed by atoms with Gasteiger partial charge in [-0.1, -0.05) is 60.7 Å². The summed E-state index contributed by atoms with van der Waals surface area (Å²) in [7, 11) is 4.43. The molecule has 3 aliphatic carbocycles. The summed E-state index contributed by atoms with van der Waals surface area (Å²) in [6.07, 6.45) is 4.07. The van der Waals surface area contributed by atoms with E-state index in [1.807, 2.05) is 0 Å². The Bertz CT molecular complexity index is 1030. The van der Waals surface area contributed by atoms with Gasteiger partial charge in [-0.3, -0.25) is 9.69 Å². The number of nitrogens with one attached hydrogen (secondary N) is 1. The van der Waals surface area contributed by atoms with Gasteiger partial charge in [-0.15, -0.1) is 0 Å². The molecule has 6 heteroatoms. The van der Waals surface area contributed by atoms with Crippen LogP contribution >= 0.6 is 0 Å². The zero-order valence-corrected chi connectivity index (χ0v) is 24.0. The number of hydrogen-bond acceptors (Lipinski definition) is 5. The molecule has 2 aliphatic heterocycles. The van der Waals surface area contributed by atoms with E-state index in [1.54, 1.807) is 0 Å². The van der Waals surface area contributed by atoms with Crippen LogP contribution in [0.5, 0.6) is 0 Å². The second-order valence-electron chi connectivity index (χ2n) is 12.8. The lowest BCUT2D eigenvalue weighted by Crippen LogP contribution is -2.67. The molecule has 2 aromatic rings. The van der Waals surface area contributed by atoms with Crippen molar-refractivity contribution in [2.45, 2.75) is 49.1 Å². The minimum absolute atomic E-state index is 0.117. The molecule has 2 saturated heterocycles. The quantitative estimate of drug-likeness (QED) is 0.595. The minimum atomic E-state index is 0.117. The molecular weight excluding hydrogens is 482 g/mol. The molecule has 0 radical (unpaired) electrons. The third-order valence-corrected chi connectivity index (χ3v) is 10.4. The topological polar surface area (TPSA) is 42.1 Å². The summed E-state index contributed by atoms with van der Waals surface area (Å²) in [5.41, 5.74) is 3.00. The van der Waals surface area contributed by atoms with Crippen molar-refractivity contribution in [2.75, 3.05) is 73.0 Å². The molecule has 39 heavy (non-hydrogen) atoms. The highest BCUT2D eigenvalue weighted by atomic mass is 16.1. The molecule has 0 aromatic heterocycles. The molecule has 7 rings (SSSR count). The van der Waals surface area contributed by atoms with E-state index in [0.29, 0.717) is 24.2 Å². The molecule has 5 aliphatic rings. The third kappa shape index (κ3) is 5.81. The third-order valence-electron chi connectivity index (χ3n) is 10.4. The number of nitrogens with zero attached hydrogens (tertiary/aromatic N) is 4. The van der Waals surface area contributed by atoms with E-state index in [-0.39, 0.29) is 17.5 Å². The second-order valence-corrected chi connectivity index (χ2v) is 12.8. The summed E-state index contributed by atoms with van der Waals surface area (Å²) in [5, 5.41) is 3.66. The molecule has 1 amide bonds. The van der Waals surface area contributed by atoms with Crippen molar-refractivity contribution in [3.05, 3.63) is 71.8 Å². The van der Waals surface area contributed by atoms with Crippen molar-refractivity contribution in [3.8, 4) is 0 Å². The molecular formula is C33H47N5O. The molecule has 3 saturated carbocycles. The van der Waals surface area contributed by atoms with Gasteiger partial charge in [0.1, 0.15) is 0 Å². The lowest BCUT2D eigenvalue weighted by Gasteiger charge is -2.63. The number of hydrogen-bond donors (Lipinski definition) is 1. The average Bonchev–Trinajstić information content (AvgIpc) is 2.98. The Hall–Kier alpha value is -2.25. The predicted octanol–water partition coefficient (Wildman–Crippen LogP) is 3.48. The molecule has 5 fully saturated rings. The summed E-state index contributed by atoms with van der Waals surface area (Å²) >= 11 is 0. The maximum Gasteiger partial charge on any atom is 0.221 e. The van der Waals surface area contributed by atoms with Gasteiger partial charge in [0, 0.05) is 76.9 Å². The number of benzene rings is 2. The lowest BCUT2D eigenvalue weighted by atomic mass is 9.51. The maximum absolute atomic E-state index is 13.5. The fraction of sp³-hybridized carbons (Fsp3) is 0.606. The number of likely N-dealkylation sites (N-methyl/N-ethyl adjacent to an activating group) is 2. The van der Waals surface area contributed by atoms with E-state index in [4.69, 9.17) is 0 Å². The SMILES string of the molecule is CN1CCN(CCC(=O)N[C@H]2CC3(N4CCN(C)CC4)C[C@@H](c4ccccc4)C2[C@H](c2ccccc2)C3)CC1. The Morgan fingerprint density at radius 2 is 1.26 bits per heavy atom. The van der Waals surface area contributed by atoms with Crippen LogP contribution in [-0.2, 0) is 4.79 Å². The number of piperazine rings is 2. The first-order valence-corrected chi connectivity index (χ1v) is 15.2. The summed E-state index contributed by atoms with van der Waals surface area (Å²) < 4.78 is 0. The summed E-state index contributed by atoms with van der Waals surface area (Å²) in [6, 6.07) is 22.6. The minimum Gasteiger partial charge on any atom is -0.353 e. The first kappa shape index (κ1) is 26.9. The molecule has 0 unspecified atom stereocenters. The van der Waals surface area contributed by atoms with Crippen LogP contribution in [0.1, 0.15) is 48.6 Å². The van der Waals surface area contributed by atoms with Gasteiger partial charge >= 0.3 is 0 Å². The zero-order valence-electron chi connectivity index (χ0n) is 24.0. The Balaban J connectivity index is 1.29. The Kier molecular flexibility index (Phi) is 8.08. The van der Waals surface area contributed by atoms with Crippen LogP contribution in [0.2, 0.25) is 0 Å². The lowest BCUT2D eigenvalue weighted by molar-refractivity contribution is -0.126. The number of carbonyl (C=O) groups excluding carboxylic acids is 1. The van der Waals surface area contributed by atoms with Gasteiger partial charge < -0.3 is 20.0 Å². The highest BCUT2D eigenvalue weighted by Gasteiger charge is 2.58. The summed E-state index contributed by atoms with van der Waals surface area (Å²) in [5.74, 6) is 1.54. The second kappa shape index (κ2) is 11.7. The monoisotopic (exact) mass is 529 g/mol. The molecule has 6 nitrogen and oxygen atoms in total. The standard InChI is InChI=1S/C33H47N5O/c1-35-15-19-37(20-16-35)14-13-31(39)34-30-25-33(38-21-17-36(2)18-22-38)23-28(26-9-5-3-6-10-26)32(30)29(24-33)27-11-7-4-8-12-27/h3-12,28-30,32H,13-25H2,1-2H3,(H,34,39)/t28-,29-,30-,32?,33?/m0/s1. The van der Waals surface area contributed by atoms with Crippen LogP contribution in [0.4, 0.5) is 0 Å². The molecule has 2 aromatic carbocycles. The van der Waals surface area contributed by atoms with Crippen molar-refractivity contribution in [1.82, 2.24) is 24.9 Å². The first-order chi connectivity index (χ1) is 19.0. The van der Waals surface area contributed by atoms with Crippen molar-refractivity contribution < 1.29 is 4.79 Å². The van der Waals surface area contributed by atoms with Crippen molar-refractivity contribution in [1.29, 1.82) is 0 Å². The van der Waals surface area contributed by atoms with Gasteiger partial charge in [0.2, 0.25) is 5.91 Å². The zero-order chi connectivity index (χ0) is 26.8. The average molecular weight is 530 g/mol. The van der Waals surface area contributed by atoms with Crippen LogP contribution in [0.3, 0.4) is 0 Å². The van der Waals surface area contributed by atoms with E-state index in [1.165, 1.54) is 24.0 Å². The first-order valence-electron chi connectivity index (χ1n) is 15.2. The fourth-order valence-corrected chi connectivity index (χ4v) is 8.23. The number of fused-ring (bicyclic) bond motifs is 3. The van der Waals surface area contributed by atoms with Gasteiger partial charge in [0.15, 0.2) is 0 Å². The van der Waals surface area contributed by atoms with Crippen LogP contribution in [0.25, 0.3) is 0 Å². The molecule has 210 valence electrons. The molecule has 1 N–H and O–H groups in total. The van der Waals surface area contributed by atoms with E-state index in [9.17, 15) is 4.79 Å². The van der Waals surface area contributed by atoms with E-state index in [0.717, 1.165) is 65.3 Å². The van der Waals surface area contributed by atoms with Crippen LogP contribution in [0, 0.1) is 5.92 Å². The Morgan fingerprint density at radius 1 is 0.744 bits per heavy atom. The van der Waals surface area contributed by atoms with Gasteiger partial charge in [0.05, 0.1) is 0 Å². The number of amides is 1. The predicted molar refractivity (Wildman–Crippen MR) is 158 cm³/mol. The normalized spacial score (nSPS) is 32.8. The van der Waals surface area contributed by atoms with Gasteiger partial charge in [0.25, 0.3) is 0 Å². The Morgan fingerprint density at radius 3 is 1.79 bits per heavy atom. The van der Waals surface area contributed by atoms with E-state index in [2.05, 4.69) is 99.7 Å². The Labute approximate surface area is 235 Å². The van der Waals surface area contributed by atoms with Gasteiger partial charge in [-0.25, -0.2) is 0 Å². The van der Waals surface area contributed by atoms with Crippen molar-refractivity contribution in [3.63, 3.8) is 0 Å². The maximum atomic E-state index is 13.5. The molecule has 0 spiro atoms. The van der Waals surface area contributed by atoms with E-state index >= 15 is 0 Å². The smallest absolute Gasteiger partial charge is 0.221 e. The van der Waals surface area contributed by atoms with Crippen molar-refractivity contribution in [2.24, 2.45) is 5.92 Å².